The van der Waals surface area contributed by atoms with Crippen LogP contribution < -0.4 is 5.32 Å². The van der Waals surface area contributed by atoms with Gasteiger partial charge in [0.05, 0.1) is 17.5 Å². The van der Waals surface area contributed by atoms with E-state index in [2.05, 4.69) is 9.88 Å². The Morgan fingerprint density at radius 3 is 2.88 bits per heavy atom. The number of benzene rings is 1. The molecule has 0 radical (unpaired) electrons. The van der Waals surface area contributed by atoms with Gasteiger partial charge in [-0.15, -0.1) is 0 Å². The van der Waals surface area contributed by atoms with Gasteiger partial charge in [-0.3, -0.25) is 4.79 Å². The lowest BCUT2D eigenvalue weighted by Gasteiger charge is -2.35. The summed E-state index contributed by atoms with van der Waals surface area (Å²) < 4.78 is 16.7. The molecule has 3 heterocycles. The van der Waals surface area contributed by atoms with Crippen molar-refractivity contribution in [3.63, 3.8) is 0 Å². The highest BCUT2D eigenvalue weighted by Crippen LogP contribution is 2.37. The van der Waals surface area contributed by atoms with Crippen LogP contribution in [0.2, 0.25) is 0 Å². The first-order valence-corrected chi connectivity index (χ1v) is 8.65. The molecular formula is C19H22FN3O. The fourth-order valence-electron chi connectivity index (χ4n) is 4.01. The fraction of sp³-hybridized carbons (Fsp3) is 0.421. The second-order valence-corrected chi connectivity index (χ2v) is 6.53. The first-order chi connectivity index (χ1) is 11.6. The molecule has 0 bridgehead atoms. The third-order valence-electron chi connectivity index (χ3n) is 5.28. The quantitative estimate of drug-likeness (QED) is 0.941. The second-order valence-electron chi connectivity index (χ2n) is 6.53. The highest BCUT2D eigenvalue weighted by Gasteiger charge is 2.34. The molecule has 2 atom stereocenters. The van der Waals surface area contributed by atoms with Crippen molar-refractivity contribution in [1.82, 2.24) is 14.8 Å². The van der Waals surface area contributed by atoms with E-state index < -0.39 is 0 Å². The molecule has 4 nitrogen and oxygen atoms in total. The van der Waals surface area contributed by atoms with Crippen molar-refractivity contribution in [3.05, 3.63) is 41.9 Å². The zero-order valence-electron chi connectivity index (χ0n) is 14.1. The van der Waals surface area contributed by atoms with E-state index in [1.165, 1.54) is 6.07 Å². The first kappa shape index (κ1) is 15.4. The Morgan fingerprint density at radius 1 is 1.33 bits per heavy atom. The van der Waals surface area contributed by atoms with E-state index >= 15 is 0 Å². The standard InChI is InChI=1S/C19H22FN3O/c1-3-22(4-2)19(24)13-9-14-16(21-10-13)11-23-8-7-12-5-6-15(20)17(14)18(12)23/h5-9,13,16,21H,3-4,10-11H2,1-2H3. The number of hydrogen-bond acceptors (Lipinski definition) is 2. The van der Waals surface area contributed by atoms with Crippen LogP contribution in [-0.2, 0) is 11.3 Å². The maximum atomic E-state index is 14.6. The summed E-state index contributed by atoms with van der Waals surface area (Å²) in [5, 5.41) is 4.50. The topological polar surface area (TPSA) is 37.3 Å². The van der Waals surface area contributed by atoms with Gasteiger partial charge in [0.25, 0.3) is 0 Å². The molecule has 2 aromatic rings. The van der Waals surface area contributed by atoms with Crippen molar-refractivity contribution in [1.29, 1.82) is 0 Å². The summed E-state index contributed by atoms with van der Waals surface area (Å²) in [6.45, 7) is 6.76. The molecule has 1 aromatic carbocycles. The van der Waals surface area contributed by atoms with Gasteiger partial charge in [0.15, 0.2) is 0 Å². The molecule has 1 amide bonds. The van der Waals surface area contributed by atoms with Crippen molar-refractivity contribution in [3.8, 4) is 0 Å². The summed E-state index contributed by atoms with van der Waals surface area (Å²) in [6, 6.07) is 5.43. The Labute approximate surface area is 140 Å². The molecule has 2 aliphatic rings. The smallest absolute Gasteiger partial charge is 0.230 e. The molecule has 5 heteroatoms. The lowest BCUT2D eigenvalue weighted by molar-refractivity contribution is -0.133. The Hall–Kier alpha value is -2.14. The van der Waals surface area contributed by atoms with Crippen LogP contribution in [0.15, 0.2) is 30.5 Å². The van der Waals surface area contributed by atoms with E-state index in [0.717, 1.165) is 23.0 Å². The first-order valence-electron chi connectivity index (χ1n) is 8.65. The summed E-state index contributed by atoms with van der Waals surface area (Å²) >= 11 is 0. The Morgan fingerprint density at radius 2 is 2.12 bits per heavy atom. The summed E-state index contributed by atoms with van der Waals surface area (Å²) in [7, 11) is 0. The summed E-state index contributed by atoms with van der Waals surface area (Å²) in [5.74, 6) is -0.324. The van der Waals surface area contributed by atoms with Crippen LogP contribution >= 0.6 is 0 Å². The van der Waals surface area contributed by atoms with Crippen LogP contribution in [0.5, 0.6) is 0 Å². The zero-order valence-corrected chi connectivity index (χ0v) is 14.1. The average molecular weight is 327 g/mol. The zero-order chi connectivity index (χ0) is 16.8. The van der Waals surface area contributed by atoms with Crippen LogP contribution in [0, 0.1) is 11.7 Å². The molecule has 24 heavy (non-hydrogen) atoms. The molecule has 0 aliphatic carbocycles. The number of fused-ring (bicyclic) bond motifs is 2. The van der Waals surface area contributed by atoms with E-state index in [-0.39, 0.29) is 23.7 Å². The molecule has 4 rings (SSSR count). The van der Waals surface area contributed by atoms with E-state index in [0.29, 0.717) is 25.2 Å². The maximum absolute atomic E-state index is 14.6. The molecule has 2 aliphatic heterocycles. The average Bonchev–Trinajstić information content (AvgIpc) is 3.01. The number of carbonyl (C=O) groups is 1. The number of carbonyl (C=O) groups excluding carboxylic acids is 1. The van der Waals surface area contributed by atoms with Gasteiger partial charge in [0.2, 0.25) is 5.91 Å². The van der Waals surface area contributed by atoms with Gasteiger partial charge >= 0.3 is 0 Å². The van der Waals surface area contributed by atoms with Gasteiger partial charge < -0.3 is 14.8 Å². The molecule has 126 valence electrons. The van der Waals surface area contributed by atoms with Crippen molar-refractivity contribution in [2.24, 2.45) is 5.92 Å². The number of hydrogen-bond donors (Lipinski definition) is 1. The maximum Gasteiger partial charge on any atom is 0.230 e. The minimum Gasteiger partial charge on any atom is -0.345 e. The molecule has 1 N–H and O–H groups in total. The number of nitrogens with zero attached hydrogens (tertiary/aromatic N) is 2. The lowest BCUT2D eigenvalue weighted by atomic mass is 9.86. The SMILES string of the molecule is CCN(CC)C(=O)C1C=C2c3c(F)ccc4ccn(c34)CC2NC1. The number of rotatable bonds is 3. The highest BCUT2D eigenvalue weighted by molar-refractivity contribution is 5.96. The molecule has 0 fully saturated rings. The van der Waals surface area contributed by atoms with Crippen LogP contribution in [0.4, 0.5) is 4.39 Å². The van der Waals surface area contributed by atoms with E-state index in [1.54, 1.807) is 0 Å². The normalized spacial score (nSPS) is 22.2. The predicted octanol–water partition coefficient (Wildman–Crippen LogP) is 2.63. The van der Waals surface area contributed by atoms with Gasteiger partial charge in [-0.2, -0.15) is 0 Å². The number of amides is 1. The van der Waals surface area contributed by atoms with Crippen molar-refractivity contribution in [2.75, 3.05) is 19.6 Å². The third-order valence-corrected chi connectivity index (χ3v) is 5.28. The van der Waals surface area contributed by atoms with Crippen LogP contribution in [0.3, 0.4) is 0 Å². The van der Waals surface area contributed by atoms with Gasteiger partial charge in [0, 0.05) is 43.3 Å². The highest BCUT2D eigenvalue weighted by atomic mass is 19.1. The minimum absolute atomic E-state index is 0.0609. The summed E-state index contributed by atoms with van der Waals surface area (Å²) in [6.07, 6.45) is 4.01. The van der Waals surface area contributed by atoms with Crippen LogP contribution in [-0.4, -0.2) is 41.1 Å². The molecule has 1 aromatic heterocycles. The Bertz CT molecular complexity index is 834. The predicted molar refractivity (Wildman–Crippen MR) is 93.1 cm³/mol. The summed E-state index contributed by atoms with van der Waals surface area (Å²) in [5.41, 5.74) is 2.52. The van der Waals surface area contributed by atoms with Crippen molar-refractivity contribution < 1.29 is 9.18 Å². The monoisotopic (exact) mass is 327 g/mol. The van der Waals surface area contributed by atoms with E-state index in [1.807, 2.05) is 43.2 Å². The van der Waals surface area contributed by atoms with Gasteiger partial charge in [-0.1, -0.05) is 6.08 Å². The molecule has 2 unspecified atom stereocenters. The molecule has 0 saturated carbocycles. The van der Waals surface area contributed by atoms with Gasteiger partial charge in [-0.25, -0.2) is 4.39 Å². The number of nitrogens with one attached hydrogen (secondary N) is 1. The molecule has 0 saturated heterocycles. The van der Waals surface area contributed by atoms with Crippen LogP contribution in [0.1, 0.15) is 19.4 Å². The Kier molecular flexibility index (Phi) is 3.68. The number of aromatic nitrogens is 1. The molecule has 0 spiro atoms. The Balaban J connectivity index is 1.81. The van der Waals surface area contributed by atoms with Crippen molar-refractivity contribution in [2.45, 2.75) is 26.4 Å². The fourth-order valence-corrected chi connectivity index (χ4v) is 4.01. The van der Waals surface area contributed by atoms with Crippen LogP contribution in [0.25, 0.3) is 16.5 Å². The molecular weight excluding hydrogens is 305 g/mol. The largest absolute Gasteiger partial charge is 0.345 e. The minimum atomic E-state index is -0.229. The van der Waals surface area contributed by atoms with Gasteiger partial charge in [0.1, 0.15) is 5.82 Å². The van der Waals surface area contributed by atoms with Gasteiger partial charge in [-0.05, 0) is 37.6 Å². The lowest BCUT2D eigenvalue weighted by Crippen LogP contribution is -2.47. The summed E-state index contributed by atoms with van der Waals surface area (Å²) in [4.78, 5) is 14.5. The van der Waals surface area contributed by atoms with Crippen molar-refractivity contribution >= 4 is 22.4 Å². The van der Waals surface area contributed by atoms with E-state index in [4.69, 9.17) is 0 Å². The number of halogens is 1. The second kappa shape index (κ2) is 5.74. The van der Waals surface area contributed by atoms with E-state index in [9.17, 15) is 9.18 Å². The third kappa shape index (κ3) is 2.18.